The highest BCUT2D eigenvalue weighted by molar-refractivity contribution is 7.80. The Balaban J connectivity index is 1.85. The number of methoxy groups -OCH3 is 1. The SMILES string of the molecule is COCCNC(=S)N(Cc1cc2ccc(C)cc2[nH]c1=O)C1CCCCC1. The van der Waals surface area contributed by atoms with Crippen LogP contribution in [-0.4, -0.2) is 41.3 Å². The second-order valence-corrected chi connectivity index (χ2v) is 7.75. The minimum absolute atomic E-state index is 0.0337. The van der Waals surface area contributed by atoms with Gasteiger partial charge in [0.05, 0.1) is 13.2 Å². The molecule has 0 unspecified atom stereocenters. The predicted octanol–water partition coefficient (Wildman–Crippen LogP) is 3.49. The van der Waals surface area contributed by atoms with E-state index in [2.05, 4.69) is 27.3 Å². The molecular weight excluding hydrogens is 358 g/mol. The van der Waals surface area contributed by atoms with Crippen LogP contribution in [0, 0.1) is 6.92 Å². The Morgan fingerprint density at radius 1 is 1.30 bits per heavy atom. The van der Waals surface area contributed by atoms with E-state index >= 15 is 0 Å². The monoisotopic (exact) mass is 387 g/mol. The Kier molecular flexibility index (Phi) is 6.85. The fraction of sp³-hybridized carbons (Fsp3) is 0.524. The van der Waals surface area contributed by atoms with Crippen molar-refractivity contribution in [3.05, 3.63) is 45.7 Å². The van der Waals surface area contributed by atoms with Crippen molar-refractivity contribution < 1.29 is 4.74 Å². The molecule has 5 nitrogen and oxygen atoms in total. The van der Waals surface area contributed by atoms with E-state index in [1.54, 1.807) is 7.11 Å². The number of thiocarbonyl (C=S) groups is 1. The molecule has 1 aliphatic carbocycles. The fourth-order valence-electron chi connectivity index (χ4n) is 3.78. The number of aromatic amines is 1. The number of nitrogens with one attached hydrogen (secondary N) is 2. The molecule has 1 aliphatic rings. The molecule has 0 saturated heterocycles. The van der Waals surface area contributed by atoms with Crippen molar-refractivity contribution >= 4 is 28.2 Å². The van der Waals surface area contributed by atoms with E-state index in [1.807, 2.05) is 19.1 Å². The van der Waals surface area contributed by atoms with Crippen LogP contribution >= 0.6 is 12.2 Å². The molecule has 2 aromatic rings. The number of H-pyrrole nitrogens is 1. The van der Waals surface area contributed by atoms with Crippen molar-refractivity contribution in [3.63, 3.8) is 0 Å². The third-order valence-electron chi connectivity index (χ3n) is 5.28. The molecule has 0 amide bonds. The van der Waals surface area contributed by atoms with Crippen LogP contribution in [0.15, 0.2) is 29.1 Å². The van der Waals surface area contributed by atoms with E-state index in [4.69, 9.17) is 17.0 Å². The maximum Gasteiger partial charge on any atom is 0.253 e. The van der Waals surface area contributed by atoms with Crippen LogP contribution in [-0.2, 0) is 11.3 Å². The maximum atomic E-state index is 12.7. The van der Waals surface area contributed by atoms with Crippen LogP contribution in [0.25, 0.3) is 10.9 Å². The average molecular weight is 388 g/mol. The molecule has 0 spiro atoms. The van der Waals surface area contributed by atoms with Crippen molar-refractivity contribution in [2.45, 2.75) is 51.6 Å². The quantitative estimate of drug-likeness (QED) is 0.587. The zero-order valence-corrected chi connectivity index (χ0v) is 17.0. The van der Waals surface area contributed by atoms with Crippen molar-refractivity contribution in [1.29, 1.82) is 0 Å². The Morgan fingerprint density at radius 2 is 2.07 bits per heavy atom. The van der Waals surface area contributed by atoms with Gasteiger partial charge in [-0.1, -0.05) is 31.4 Å². The molecule has 1 aromatic heterocycles. The molecule has 1 saturated carbocycles. The van der Waals surface area contributed by atoms with Gasteiger partial charge >= 0.3 is 0 Å². The smallest absolute Gasteiger partial charge is 0.253 e. The van der Waals surface area contributed by atoms with Gasteiger partial charge in [0.25, 0.3) is 5.56 Å². The van der Waals surface area contributed by atoms with Crippen LogP contribution in [0.1, 0.15) is 43.2 Å². The Hall–Kier alpha value is -1.92. The first-order valence-corrected chi connectivity index (χ1v) is 10.2. The molecule has 146 valence electrons. The third kappa shape index (κ3) is 5.08. The van der Waals surface area contributed by atoms with Gasteiger partial charge in [0, 0.05) is 30.8 Å². The highest BCUT2D eigenvalue weighted by Crippen LogP contribution is 2.24. The van der Waals surface area contributed by atoms with E-state index in [9.17, 15) is 4.79 Å². The van der Waals surface area contributed by atoms with Crippen molar-refractivity contribution in [2.75, 3.05) is 20.3 Å². The number of hydrogen-bond acceptors (Lipinski definition) is 3. The normalized spacial score (nSPS) is 15.0. The first kappa shape index (κ1) is 19.8. The fourth-order valence-corrected chi connectivity index (χ4v) is 4.10. The first-order chi connectivity index (χ1) is 13.1. The molecule has 1 aromatic carbocycles. The van der Waals surface area contributed by atoms with E-state index in [0.717, 1.165) is 34.9 Å². The summed E-state index contributed by atoms with van der Waals surface area (Å²) < 4.78 is 5.12. The first-order valence-electron chi connectivity index (χ1n) is 9.74. The molecular formula is C21H29N3O2S. The third-order valence-corrected chi connectivity index (χ3v) is 5.66. The summed E-state index contributed by atoms with van der Waals surface area (Å²) in [6.45, 7) is 3.84. The van der Waals surface area contributed by atoms with Gasteiger partial charge in [-0.15, -0.1) is 0 Å². The minimum atomic E-state index is -0.0337. The molecule has 1 heterocycles. The molecule has 1 fully saturated rings. The molecule has 0 atom stereocenters. The maximum absolute atomic E-state index is 12.7. The molecule has 3 rings (SSSR count). The van der Waals surface area contributed by atoms with Crippen LogP contribution in [0.2, 0.25) is 0 Å². The van der Waals surface area contributed by atoms with Crippen LogP contribution in [0.5, 0.6) is 0 Å². The van der Waals surface area contributed by atoms with Crippen LogP contribution in [0.4, 0.5) is 0 Å². The molecule has 2 N–H and O–H groups in total. The van der Waals surface area contributed by atoms with Crippen molar-refractivity contribution in [2.24, 2.45) is 0 Å². The number of aromatic nitrogens is 1. The number of aryl methyl sites for hydroxylation is 1. The summed E-state index contributed by atoms with van der Waals surface area (Å²) in [5.41, 5.74) is 2.74. The number of ether oxygens (including phenoxy) is 1. The second-order valence-electron chi connectivity index (χ2n) is 7.36. The lowest BCUT2D eigenvalue weighted by molar-refractivity contribution is 0.199. The summed E-state index contributed by atoms with van der Waals surface area (Å²) in [5.74, 6) is 0. The number of rotatable bonds is 6. The largest absolute Gasteiger partial charge is 0.383 e. The summed E-state index contributed by atoms with van der Waals surface area (Å²) in [4.78, 5) is 17.9. The predicted molar refractivity (Wildman–Crippen MR) is 114 cm³/mol. The topological polar surface area (TPSA) is 57.4 Å². The van der Waals surface area contributed by atoms with Gasteiger partial charge in [-0.25, -0.2) is 0 Å². The summed E-state index contributed by atoms with van der Waals surface area (Å²) in [6, 6.07) is 8.52. The van der Waals surface area contributed by atoms with Gasteiger partial charge in [0.15, 0.2) is 5.11 Å². The zero-order chi connectivity index (χ0) is 19.2. The van der Waals surface area contributed by atoms with E-state index in [1.165, 1.54) is 19.3 Å². The van der Waals surface area contributed by atoms with Gasteiger partial charge in [-0.3, -0.25) is 4.79 Å². The summed E-state index contributed by atoms with van der Waals surface area (Å²) in [7, 11) is 1.68. The zero-order valence-electron chi connectivity index (χ0n) is 16.2. The lowest BCUT2D eigenvalue weighted by Crippen LogP contribution is -2.47. The van der Waals surface area contributed by atoms with Gasteiger partial charge < -0.3 is 19.9 Å². The summed E-state index contributed by atoms with van der Waals surface area (Å²) in [6.07, 6.45) is 5.96. The molecule has 0 aliphatic heterocycles. The van der Waals surface area contributed by atoms with Crippen LogP contribution in [0.3, 0.4) is 0 Å². The van der Waals surface area contributed by atoms with Crippen molar-refractivity contribution in [1.82, 2.24) is 15.2 Å². The van der Waals surface area contributed by atoms with Gasteiger partial charge in [0.1, 0.15) is 0 Å². The number of hydrogen-bond donors (Lipinski definition) is 2. The number of pyridine rings is 1. The van der Waals surface area contributed by atoms with Gasteiger partial charge in [-0.2, -0.15) is 0 Å². The summed E-state index contributed by atoms with van der Waals surface area (Å²) >= 11 is 5.67. The van der Waals surface area contributed by atoms with Crippen molar-refractivity contribution in [3.8, 4) is 0 Å². The Bertz CT molecular complexity index is 843. The number of fused-ring (bicyclic) bond motifs is 1. The second kappa shape index (κ2) is 9.33. The highest BCUT2D eigenvalue weighted by atomic mass is 32.1. The molecule has 0 bridgehead atoms. The minimum Gasteiger partial charge on any atom is -0.383 e. The van der Waals surface area contributed by atoms with Gasteiger partial charge in [0.2, 0.25) is 0 Å². The Morgan fingerprint density at radius 3 is 2.81 bits per heavy atom. The molecule has 27 heavy (non-hydrogen) atoms. The van der Waals surface area contributed by atoms with Gasteiger partial charge in [-0.05, 0) is 55.1 Å². The standard InChI is InChI=1S/C21H29N3O2S/c1-15-8-9-16-13-17(20(25)23-19(16)12-15)14-24(18-6-4-3-5-7-18)21(27)22-10-11-26-2/h8-9,12-13,18H,3-7,10-11,14H2,1-2H3,(H,22,27)(H,23,25). The lowest BCUT2D eigenvalue weighted by Gasteiger charge is -2.36. The molecule has 6 heteroatoms. The highest BCUT2D eigenvalue weighted by Gasteiger charge is 2.24. The van der Waals surface area contributed by atoms with E-state index < -0.39 is 0 Å². The van der Waals surface area contributed by atoms with E-state index in [0.29, 0.717) is 30.9 Å². The summed E-state index contributed by atoms with van der Waals surface area (Å²) in [5, 5.41) is 5.05. The van der Waals surface area contributed by atoms with E-state index in [-0.39, 0.29) is 5.56 Å². The number of benzene rings is 1. The van der Waals surface area contributed by atoms with Crippen LogP contribution < -0.4 is 10.9 Å². The Labute approximate surface area is 166 Å². The number of nitrogens with zero attached hydrogens (tertiary/aromatic N) is 1. The molecule has 0 radical (unpaired) electrons. The lowest BCUT2D eigenvalue weighted by atomic mass is 9.94. The average Bonchev–Trinajstić information content (AvgIpc) is 2.67.